The monoisotopic (exact) mass is 560 g/mol. The van der Waals surface area contributed by atoms with Gasteiger partial charge in [-0.1, -0.05) is 124 Å². The third kappa shape index (κ3) is 12.4. The van der Waals surface area contributed by atoms with Crippen molar-refractivity contribution in [3.8, 4) is 0 Å². The molecule has 3 rings (SSSR count). The highest BCUT2D eigenvalue weighted by atomic mass is 19.3. The van der Waals surface area contributed by atoms with E-state index in [4.69, 9.17) is 0 Å². The molecule has 0 aliphatic heterocycles. The lowest BCUT2D eigenvalue weighted by molar-refractivity contribution is -0.113. The van der Waals surface area contributed by atoms with Crippen molar-refractivity contribution in [3.63, 3.8) is 0 Å². The molecular formula is C38H50F2O. The molecule has 0 atom stereocenters. The zero-order valence-electron chi connectivity index (χ0n) is 26.4. The molecule has 3 heteroatoms. The van der Waals surface area contributed by atoms with Gasteiger partial charge in [-0.05, 0) is 74.1 Å². The standard InChI is InChI=1S/C21H30F2O.C14H14.C3H6/c1-7-20(4,5)15(2)19(16(3)24)10-8-9-17-11-13-18(14-12-17)21(6,22)23;1-12(13-8-4-2-5-9-13)14-10-6-3-7-11-14;1-3-2/h11-14H,7-10H2,1-6H3;2-12H,1H3;3H,1H2,2H3/b19-15+;;. The number of rotatable bonds is 10. The van der Waals surface area contributed by atoms with Crippen molar-refractivity contribution in [2.24, 2.45) is 5.41 Å². The molecule has 0 saturated carbocycles. The molecule has 0 bridgehead atoms. The molecule has 0 fully saturated rings. The van der Waals surface area contributed by atoms with Crippen LogP contribution in [0, 0.1) is 5.41 Å². The Hall–Kier alpha value is -3.33. The summed E-state index contributed by atoms with van der Waals surface area (Å²) in [6.07, 6.45) is 5.10. The van der Waals surface area contributed by atoms with Gasteiger partial charge in [-0.25, -0.2) is 8.78 Å². The van der Waals surface area contributed by atoms with E-state index in [-0.39, 0.29) is 16.8 Å². The number of carbonyl (C=O) groups is 1. The second-order valence-corrected chi connectivity index (χ2v) is 11.3. The molecule has 0 aliphatic rings. The first kappa shape index (κ1) is 35.7. The lowest BCUT2D eigenvalue weighted by atomic mass is 9.78. The van der Waals surface area contributed by atoms with E-state index in [9.17, 15) is 13.6 Å². The third-order valence-electron chi connectivity index (χ3n) is 7.73. The summed E-state index contributed by atoms with van der Waals surface area (Å²) in [6.45, 7) is 18.5. The lowest BCUT2D eigenvalue weighted by Gasteiger charge is -2.26. The Morgan fingerprint density at radius 3 is 1.66 bits per heavy atom. The number of Topliss-reactive ketones (excluding diaryl/α,β-unsaturated/α-hetero) is 1. The number of alkyl halides is 2. The first-order chi connectivity index (χ1) is 19.3. The van der Waals surface area contributed by atoms with Crippen LogP contribution in [0.1, 0.15) is 103 Å². The Morgan fingerprint density at radius 2 is 1.29 bits per heavy atom. The van der Waals surface area contributed by atoms with Crippen molar-refractivity contribution < 1.29 is 13.6 Å². The number of aryl methyl sites for hydroxylation is 1. The summed E-state index contributed by atoms with van der Waals surface area (Å²) >= 11 is 0. The molecule has 3 aromatic carbocycles. The first-order valence-corrected chi connectivity index (χ1v) is 14.6. The van der Waals surface area contributed by atoms with Crippen molar-refractivity contribution in [1.82, 2.24) is 0 Å². The van der Waals surface area contributed by atoms with Gasteiger partial charge in [-0.3, -0.25) is 4.79 Å². The van der Waals surface area contributed by atoms with Crippen molar-refractivity contribution in [2.75, 3.05) is 0 Å². The minimum Gasteiger partial charge on any atom is -0.295 e. The molecular weight excluding hydrogens is 510 g/mol. The smallest absolute Gasteiger partial charge is 0.270 e. The van der Waals surface area contributed by atoms with Crippen LogP contribution in [0.5, 0.6) is 0 Å². The van der Waals surface area contributed by atoms with E-state index in [2.05, 4.69) is 102 Å². The zero-order chi connectivity index (χ0) is 31.1. The van der Waals surface area contributed by atoms with Gasteiger partial charge in [0.2, 0.25) is 0 Å². The Labute approximate surface area is 248 Å². The van der Waals surface area contributed by atoms with E-state index < -0.39 is 5.92 Å². The molecule has 0 heterocycles. The Bertz CT molecular complexity index is 1160. The minimum absolute atomic E-state index is 0.0232. The van der Waals surface area contributed by atoms with Crippen molar-refractivity contribution in [3.05, 3.63) is 131 Å². The minimum atomic E-state index is -2.80. The predicted molar refractivity (Wildman–Crippen MR) is 173 cm³/mol. The highest BCUT2D eigenvalue weighted by Gasteiger charge is 2.24. The molecule has 222 valence electrons. The molecule has 0 saturated heterocycles. The van der Waals surface area contributed by atoms with Crippen LogP contribution in [0.4, 0.5) is 8.78 Å². The summed E-state index contributed by atoms with van der Waals surface area (Å²) < 4.78 is 26.4. The van der Waals surface area contributed by atoms with Crippen LogP contribution in [0.25, 0.3) is 0 Å². The van der Waals surface area contributed by atoms with E-state index in [1.165, 1.54) is 28.8 Å². The lowest BCUT2D eigenvalue weighted by Crippen LogP contribution is -2.16. The number of hydrogen-bond donors (Lipinski definition) is 0. The van der Waals surface area contributed by atoms with Crippen molar-refractivity contribution in [2.45, 2.75) is 92.9 Å². The maximum atomic E-state index is 13.2. The molecule has 0 aliphatic carbocycles. The second kappa shape index (κ2) is 17.5. The number of hydrogen-bond acceptors (Lipinski definition) is 1. The normalized spacial score (nSPS) is 11.9. The van der Waals surface area contributed by atoms with Gasteiger partial charge in [0.25, 0.3) is 5.92 Å². The molecule has 0 N–H and O–H groups in total. The average Bonchev–Trinajstić information content (AvgIpc) is 2.96. The molecule has 3 aromatic rings. The van der Waals surface area contributed by atoms with E-state index in [1.807, 2.05) is 6.92 Å². The zero-order valence-corrected chi connectivity index (χ0v) is 26.4. The van der Waals surface area contributed by atoms with Gasteiger partial charge in [0.05, 0.1) is 0 Å². The number of carbonyl (C=O) groups excluding carboxylic acids is 1. The molecule has 41 heavy (non-hydrogen) atoms. The van der Waals surface area contributed by atoms with Crippen LogP contribution in [0.3, 0.4) is 0 Å². The summed E-state index contributed by atoms with van der Waals surface area (Å²) in [5.41, 5.74) is 5.92. The van der Waals surface area contributed by atoms with Crippen LogP contribution >= 0.6 is 0 Å². The van der Waals surface area contributed by atoms with E-state index >= 15 is 0 Å². The van der Waals surface area contributed by atoms with Crippen LogP contribution < -0.4 is 0 Å². The fraction of sp³-hybridized carbons (Fsp3) is 0.395. The number of allylic oxidation sites excluding steroid dienone is 3. The molecule has 0 aromatic heterocycles. The SMILES string of the molecule is C=CC.CC(c1ccccc1)c1ccccc1.CCC(C)(C)/C(C)=C(\CCCc1ccc(C(C)(F)F)cc1)C(C)=O. The topological polar surface area (TPSA) is 17.1 Å². The highest BCUT2D eigenvalue weighted by molar-refractivity contribution is 5.94. The van der Waals surface area contributed by atoms with Gasteiger partial charge in [-0.2, -0.15) is 0 Å². The van der Waals surface area contributed by atoms with Crippen LogP contribution in [-0.2, 0) is 17.1 Å². The number of halogens is 2. The second-order valence-electron chi connectivity index (χ2n) is 11.3. The van der Waals surface area contributed by atoms with Crippen LogP contribution in [-0.4, -0.2) is 5.78 Å². The summed E-state index contributed by atoms with van der Waals surface area (Å²) in [5, 5.41) is 0. The summed E-state index contributed by atoms with van der Waals surface area (Å²) in [7, 11) is 0. The van der Waals surface area contributed by atoms with Gasteiger partial charge in [0.15, 0.2) is 5.78 Å². The maximum Gasteiger partial charge on any atom is 0.270 e. The fourth-order valence-electron chi connectivity index (χ4n) is 4.41. The van der Waals surface area contributed by atoms with Gasteiger partial charge in [0.1, 0.15) is 0 Å². The first-order valence-electron chi connectivity index (χ1n) is 14.6. The van der Waals surface area contributed by atoms with Gasteiger partial charge >= 0.3 is 0 Å². The van der Waals surface area contributed by atoms with Gasteiger partial charge < -0.3 is 0 Å². The van der Waals surface area contributed by atoms with E-state index in [0.29, 0.717) is 5.92 Å². The molecule has 0 spiro atoms. The molecule has 0 amide bonds. The fourth-order valence-corrected chi connectivity index (χ4v) is 4.41. The number of benzene rings is 3. The Balaban J connectivity index is 0.000000414. The number of ketones is 1. The van der Waals surface area contributed by atoms with E-state index in [0.717, 1.165) is 43.7 Å². The highest BCUT2D eigenvalue weighted by Crippen LogP contribution is 2.34. The van der Waals surface area contributed by atoms with Crippen molar-refractivity contribution in [1.29, 1.82) is 0 Å². The Kier molecular flexibility index (Phi) is 15.2. The average molecular weight is 561 g/mol. The van der Waals surface area contributed by atoms with Gasteiger partial charge in [-0.15, -0.1) is 6.58 Å². The van der Waals surface area contributed by atoms with Crippen molar-refractivity contribution >= 4 is 5.78 Å². The molecule has 1 nitrogen and oxygen atoms in total. The molecule has 0 unspecified atom stereocenters. The summed E-state index contributed by atoms with van der Waals surface area (Å²) in [4.78, 5) is 12.0. The predicted octanol–water partition coefficient (Wildman–Crippen LogP) is 11.5. The van der Waals surface area contributed by atoms with E-state index in [1.54, 1.807) is 25.1 Å². The van der Waals surface area contributed by atoms with Gasteiger partial charge in [0, 0.05) is 18.4 Å². The quantitative estimate of drug-likeness (QED) is 0.178. The summed E-state index contributed by atoms with van der Waals surface area (Å²) in [5.74, 6) is -2.18. The largest absolute Gasteiger partial charge is 0.295 e. The third-order valence-corrected chi connectivity index (χ3v) is 7.73. The summed E-state index contributed by atoms with van der Waals surface area (Å²) in [6, 6.07) is 27.7. The molecule has 0 radical (unpaired) electrons. The Morgan fingerprint density at radius 1 is 0.854 bits per heavy atom. The van der Waals surface area contributed by atoms with Crippen LogP contribution in [0.2, 0.25) is 0 Å². The van der Waals surface area contributed by atoms with Crippen LogP contribution in [0.15, 0.2) is 109 Å². The maximum absolute atomic E-state index is 13.2.